The predicted molar refractivity (Wildman–Crippen MR) is 91.6 cm³/mol. The van der Waals surface area contributed by atoms with Crippen molar-refractivity contribution in [3.05, 3.63) is 47.5 Å². The minimum Gasteiger partial charge on any atom is -0.319 e. The molecule has 25 heavy (non-hydrogen) atoms. The zero-order valence-corrected chi connectivity index (χ0v) is 13.9. The number of amides is 2. The number of hydrogen-bond acceptors (Lipinski definition) is 5. The maximum Gasteiger partial charge on any atom is 0.295 e. The molecule has 0 spiro atoms. The van der Waals surface area contributed by atoms with Crippen molar-refractivity contribution >= 4 is 29.0 Å². The summed E-state index contributed by atoms with van der Waals surface area (Å²) in [6.45, 7) is 4.09. The van der Waals surface area contributed by atoms with Crippen molar-refractivity contribution in [1.29, 1.82) is 0 Å². The summed E-state index contributed by atoms with van der Waals surface area (Å²) in [7, 11) is 0. The highest BCUT2D eigenvalue weighted by molar-refractivity contribution is 6.02. The number of fused-ring (bicyclic) bond motifs is 2. The number of anilines is 2. The average molecular weight is 336 g/mol. The molecule has 0 saturated carbocycles. The molecule has 0 bridgehead atoms. The molecule has 0 fully saturated rings. The standard InChI is InChI=1S/C17H16N6O2/c1-10-5-7-18-17-20-15(21-23(10)17)16(25)19-13-3-4-14-12(9-13)6-8-22(14)11(2)24/h3-5,7,9H,6,8H2,1-2H3,(H,19,25). The van der Waals surface area contributed by atoms with E-state index in [1.54, 1.807) is 30.2 Å². The fourth-order valence-electron chi connectivity index (χ4n) is 3.00. The van der Waals surface area contributed by atoms with Gasteiger partial charge < -0.3 is 10.2 Å². The molecule has 2 aromatic heterocycles. The molecule has 3 aromatic rings. The molecule has 2 amide bonds. The quantitative estimate of drug-likeness (QED) is 0.767. The molecule has 0 aliphatic carbocycles. The molecule has 1 aliphatic rings. The van der Waals surface area contributed by atoms with E-state index in [-0.39, 0.29) is 11.7 Å². The minimum atomic E-state index is -0.397. The van der Waals surface area contributed by atoms with Crippen LogP contribution in [0.4, 0.5) is 11.4 Å². The van der Waals surface area contributed by atoms with Crippen LogP contribution in [0.5, 0.6) is 0 Å². The maximum atomic E-state index is 12.4. The van der Waals surface area contributed by atoms with Crippen LogP contribution in [0.3, 0.4) is 0 Å². The second kappa shape index (κ2) is 5.66. The maximum absolute atomic E-state index is 12.4. The summed E-state index contributed by atoms with van der Waals surface area (Å²) in [5.74, 6) is 0.0717. The van der Waals surface area contributed by atoms with Crippen molar-refractivity contribution < 1.29 is 9.59 Å². The van der Waals surface area contributed by atoms with Gasteiger partial charge in [-0.05, 0) is 43.2 Å². The zero-order valence-electron chi connectivity index (χ0n) is 13.9. The summed E-state index contributed by atoms with van der Waals surface area (Å²) in [5.41, 5.74) is 3.43. The largest absolute Gasteiger partial charge is 0.319 e. The SMILES string of the molecule is CC(=O)N1CCc2cc(NC(=O)c3nc4nccc(C)n4n3)ccc21. The zero-order chi connectivity index (χ0) is 17.6. The number of carbonyl (C=O) groups excluding carboxylic acids is 2. The molecule has 8 nitrogen and oxygen atoms in total. The lowest BCUT2D eigenvalue weighted by atomic mass is 10.1. The van der Waals surface area contributed by atoms with Crippen LogP contribution in [0.15, 0.2) is 30.5 Å². The van der Waals surface area contributed by atoms with Crippen LogP contribution in [0.2, 0.25) is 0 Å². The molecule has 0 unspecified atom stereocenters. The number of hydrogen-bond donors (Lipinski definition) is 1. The Morgan fingerprint density at radius 2 is 2.08 bits per heavy atom. The van der Waals surface area contributed by atoms with Gasteiger partial charge in [0.05, 0.1) is 0 Å². The van der Waals surface area contributed by atoms with Crippen LogP contribution in [0, 0.1) is 6.92 Å². The minimum absolute atomic E-state index is 0.0207. The molecule has 1 N–H and O–H groups in total. The molecule has 3 heterocycles. The predicted octanol–water partition coefficient (Wildman–Crippen LogP) is 1.59. The van der Waals surface area contributed by atoms with Crippen molar-refractivity contribution in [2.24, 2.45) is 0 Å². The van der Waals surface area contributed by atoms with E-state index in [0.29, 0.717) is 18.0 Å². The van der Waals surface area contributed by atoms with E-state index in [1.165, 1.54) is 4.52 Å². The van der Waals surface area contributed by atoms with Crippen molar-refractivity contribution in [3.63, 3.8) is 0 Å². The Kier molecular flexibility index (Phi) is 3.45. The molecular formula is C17H16N6O2. The summed E-state index contributed by atoms with van der Waals surface area (Å²) >= 11 is 0. The monoisotopic (exact) mass is 336 g/mol. The summed E-state index contributed by atoms with van der Waals surface area (Å²) in [6.07, 6.45) is 2.40. The van der Waals surface area contributed by atoms with Gasteiger partial charge in [0, 0.05) is 36.7 Å². The van der Waals surface area contributed by atoms with Crippen LogP contribution in [-0.2, 0) is 11.2 Å². The van der Waals surface area contributed by atoms with Gasteiger partial charge in [-0.3, -0.25) is 9.59 Å². The molecule has 1 aliphatic heterocycles. The lowest BCUT2D eigenvalue weighted by molar-refractivity contribution is -0.116. The molecule has 4 rings (SSSR count). The average Bonchev–Trinajstić information content (AvgIpc) is 3.19. The Labute approximate surface area is 143 Å². The highest BCUT2D eigenvalue weighted by Gasteiger charge is 2.23. The van der Waals surface area contributed by atoms with E-state index in [2.05, 4.69) is 20.4 Å². The van der Waals surface area contributed by atoms with Crippen molar-refractivity contribution in [2.75, 3.05) is 16.8 Å². The Morgan fingerprint density at radius 1 is 1.24 bits per heavy atom. The third-order valence-corrected chi connectivity index (χ3v) is 4.25. The molecule has 0 radical (unpaired) electrons. The third-order valence-electron chi connectivity index (χ3n) is 4.25. The van der Waals surface area contributed by atoms with Gasteiger partial charge in [-0.25, -0.2) is 9.50 Å². The summed E-state index contributed by atoms with van der Waals surface area (Å²) in [5, 5.41) is 7.00. The summed E-state index contributed by atoms with van der Waals surface area (Å²) < 4.78 is 1.53. The van der Waals surface area contributed by atoms with Crippen LogP contribution in [0.25, 0.3) is 5.78 Å². The van der Waals surface area contributed by atoms with Gasteiger partial charge in [-0.1, -0.05) is 0 Å². The molecule has 126 valence electrons. The van der Waals surface area contributed by atoms with Crippen LogP contribution in [-0.4, -0.2) is 37.9 Å². The molecule has 8 heteroatoms. The number of carbonyl (C=O) groups is 2. The number of benzene rings is 1. The second-order valence-electron chi connectivity index (χ2n) is 5.95. The highest BCUT2D eigenvalue weighted by Crippen LogP contribution is 2.30. The number of aryl methyl sites for hydroxylation is 1. The Morgan fingerprint density at radius 3 is 2.84 bits per heavy atom. The van der Waals surface area contributed by atoms with Crippen LogP contribution in [0.1, 0.15) is 28.8 Å². The van der Waals surface area contributed by atoms with Crippen molar-refractivity contribution in [2.45, 2.75) is 20.3 Å². The lowest BCUT2D eigenvalue weighted by Crippen LogP contribution is -2.25. The Balaban J connectivity index is 1.58. The van der Waals surface area contributed by atoms with Gasteiger partial charge in [0.1, 0.15) is 0 Å². The summed E-state index contributed by atoms with van der Waals surface area (Å²) in [4.78, 5) is 34.0. The van der Waals surface area contributed by atoms with E-state index >= 15 is 0 Å². The van der Waals surface area contributed by atoms with Crippen molar-refractivity contribution in [3.8, 4) is 0 Å². The third kappa shape index (κ3) is 2.61. The van der Waals surface area contributed by atoms with Gasteiger partial charge in [-0.15, -0.1) is 5.10 Å². The first-order valence-electron chi connectivity index (χ1n) is 7.94. The van der Waals surface area contributed by atoms with E-state index in [0.717, 1.165) is 23.4 Å². The fourth-order valence-corrected chi connectivity index (χ4v) is 3.00. The molecular weight excluding hydrogens is 320 g/mol. The summed E-state index contributed by atoms with van der Waals surface area (Å²) in [6, 6.07) is 7.31. The fraction of sp³-hybridized carbons (Fsp3) is 0.235. The number of nitrogens with zero attached hydrogens (tertiary/aromatic N) is 5. The van der Waals surface area contributed by atoms with Gasteiger partial charge in [0.25, 0.3) is 11.7 Å². The molecule has 0 atom stereocenters. The van der Waals surface area contributed by atoms with Crippen molar-refractivity contribution in [1.82, 2.24) is 19.6 Å². The second-order valence-corrected chi connectivity index (χ2v) is 5.95. The van der Waals surface area contributed by atoms with E-state index in [9.17, 15) is 9.59 Å². The lowest BCUT2D eigenvalue weighted by Gasteiger charge is -2.14. The van der Waals surface area contributed by atoms with Crippen LogP contribution >= 0.6 is 0 Å². The topological polar surface area (TPSA) is 92.5 Å². The van der Waals surface area contributed by atoms with Gasteiger partial charge in [0.2, 0.25) is 11.7 Å². The van der Waals surface area contributed by atoms with E-state index in [1.807, 2.05) is 19.1 Å². The number of nitrogens with one attached hydrogen (secondary N) is 1. The first kappa shape index (κ1) is 15.3. The van der Waals surface area contributed by atoms with E-state index in [4.69, 9.17) is 0 Å². The Hall–Kier alpha value is -3.29. The Bertz CT molecular complexity index is 1010. The first-order chi connectivity index (χ1) is 12.0. The van der Waals surface area contributed by atoms with Gasteiger partial charge >= 0.3 is 0 Å². The number of aromatic nitrogens is 4. The smallest absolute Gasteiger partial charge is 0.295 e. The molecule has 0 saturated heterocycles. The molecule has 1 aromatic carbocycles. The van der Waals surface area contributed by atoms with Gasteiger partial charge in [0.15, 0.2) is 0 Å². The van der Waals surface area contributed by atoms with Crippen LogP contribution < -0.4 is 10.2 Å². The van der Waals surface area contributed by atoms with E-state index < -0.39 is 5.91 Å². The highest BCUT2D eigenvalue weighted by atomic mass is 16.2. The first-order valence-corrected chi connectivity index (χ1v) is 7.94. The van der Waals surface area contributed by atoms with Gasteiger partial charge in [-0.2, -0.15) is 4.98 Å². The number of rotatable bonds is 2. The normalized spacial score (nSPS) is 13.1.